The third-order valence-corrected chi connectivity index (χ3v) is 4.78. The predicted octanol–water partition coefficient (Wildman–Crippen LogP) is 4.64. The van der Waals surface area contributed by atoms with Crippen LogP contribution in [0, 0.1) is 17.2 Å². The highest BCUT2D eigenvalue weighted by Crippen LogP contribution is 2.28. The van der Waals surface area contributed by atoms with Crippen molar-refractivity contribution in [3.8, 4) is 17.3 Å². The van der Waals surface area contributed by atoms with E-state index in [-0.39, 0.29) is 5.92 Å². The van der Waals surface area contributed by atoms with Crippen LogP contribution in [0.5, 0.6) is 0 Å². The van der Waals surface area contributed by atoms with Crippen LogP contribution in [0.1, 0.15) is 12.8 Å². The number of hydrogen-bond donors (Lipinski definition) is 0. The first kappa shape index (κ1) is 14.7. The van der Waals surface area contributed by atoms with Gasteiger partial charge in [-0.15, -0.1) is 0 Å². The Morgan fingerprint density at radius 3 is 2.62 bits per heavy atom. The first-order chi connectivity index (χ1) is 11.8. The van der Waals surface area contributed by atoms with E-state index in [0.29, 0.717) is 0 Å². The molecule has 4 rings (SSSR count). The molecule has 0 spiro atoms. The zero-order valence-electron chi connectivity index (χ0n) is 13.5. The van der Waals surface area contributed by atoms with Crippen molar-refractivity contribution in [1.29, 1.82) is 5.26 Å². The largest absolute Gasteiger partial charge is 0.371 e. The number of piperidine rings is 1. The summed E-state index contributed by atoms with van der Waals surface area (Å²) < 4.78 is 0. The topological polar surface area (TPSA) is 39.9 Å². The second-order valence-corrected chi connectivity index (χ2v) is 6.33. The average Bonchev–Trinajstić information content (AvgIpc) is 2.68. The molecule has 24 heavy (non-hydrogen) atoms. The van der Waals surface area contributed by atoms with Crippen LogP contribution in [0.2, 0.25) is 0 Å². The van der Waals surface area contributed by atoms with Crippen LogP contribution in [0.3, 0.4) is 0 Å². The molecule has 118 valence electrons. The van der Waals surface area contributed by atoms with Gasteiger partial charge in [-0.1, -0.05) is 36.4 Å². The molecule has 0 bridgehead atoms. The molecule has 2 aromatic carbocycles. The van der Waals surface area contributed by atoms with E-state index in [9.17, 15) is 0 Å². The van der Waals surface area contributed by atoms with Crippen molar-refractivity contribution < 1.29 is 0 Å². The van der Waals surface area contributed by atoms with Crippen LogP contribution in [-0.4, -0.2) is 18.1 Å². The highest BCUT2D eigenvalue weighted by atomic mass is 15.1. The number of hydrogen-bond acceptors (Lipinski definition) is 3. The maximum Gasteiger partial charge on any atom is 0.0710 e. The van der Waals surface area contributed by atoms with Gasteiger partial charge >= 0.3 is 0 Å². The van der Waals surface area contributed by atoms with Crippen LogP contribution in [0.15, 0.2) is 60.7 Å². The Hall–Kier alpha value is -2.86. The summed E-state index contributed by atoms with van der Waals surface area (Å²) in [6.07, 6.45) is 1.91. The van der Waals surface area contributed by atoms with Crippen molar-refractivity contribution in [2.24, 2.45) is 5.92 Å². The summed E-state index contributed by atoms with van der Waals surface area (Å²) in [6.45, 7) is 1.90. The Morgan fingerprint density at radius 2 is 1.79 bits per heavy atom. The van der Waals surface area contributed by atoms with Gasteiger partial charge in [-0.2, -0.15) is 5.26 Å². The second kappa shape index (κ2) is 6.33. The summed E-state index contributed by atoms with van der Waals surface area (Å²) in [7, 11) is 0. The number of nitrogens with zero attached hydrogens (tertiary/aromatic N) is 3. The minimum atomic E-state index is 0.214. The van der Waals surface area contributed by atoms with Crippen molar-refractivity contribution in [1.82, 2.24) is 4.98 Å². The van der Waals surface area contributed by atoms with E-state index < -0.39 is 0 Å². The molecule has 1 aliphatic rings. The third-order valence-electron chi connectivity index (χ3n) is 4.78. The Morgan fingerprint density at radius 1 is 0.958 bits per heavy atom. The van der Waals surface area contributed by atoms with Crippen molar-refractivity contribution in [2.45, 2.75) is 12.8 Å². The monoisotopic (exact) mass is 313 g/mol. The van der Waals surface area contributed by atoms with Gasteiger partial charge in [-0.05, 0) is 37.1 Å². The lowest BCUT2D eigenvalue weighted by molar-refractivity contribution is 0.488. The SMILES string of the molecule is N#CC1CCN(c2cccc(-c3ccc4ccccc4n3)c2)CC1. The number of anilines is 1. The minimum Gasteiger partial charge on any atom is -0.371 e. The van der Waals surface area contributed by atoms with E-state index in [2.05, 4.69) is 59.5 Å². The first-order valence-corrected chi connectivity index (χ1v) is 8.44. The molecule has 0 unspecified atom stereocenters. The maximum atomic E-state index is 9.05. The standard InChI is InChI=1S/C21H19N3/c22-15-16-10-12-24(13-11-16)19-6-3-5-18(14-19)21-9-8-17-4-1-2-7-20(17)23-21/h1-9,14,16H,10-13H2. The molecule has 0 aliphatic carbocycles. The molecule has 1 aromatic heterocycles. The molecule has 0 saturated carbocycles. The summed E-state index contributed by atoms with van der Waals surface area (Å²) in [5.41, 5.74) is 4.39. The molecule has 2 heterocycles. The van der Waals surface area contributed by atoms with Gasteiger partial charge in [0.2, 0.25) is 0 Å². The second-order valence-electron chi connectivity index (χ2n) is 6.33. The van der Waals surface area contributed by atoms with Crippen molar-refractivity contribution in [2.75, 3.05) is 18.0 Å². The molecule has 1 aliphatic heterocycles. The summed E-state index contributed by atoms with van der Waals surface area (Å²) in [4.78, 5) is 7.17. The highest BCUT2D eigenvalue weighted by Gasteiger charge is 2.19. The molecule has 1 saturated heterocycles. The Balaban J connectivity index is 1.63. The first-order valence-electron chi connectivity index (χ1n) is 8.44. The third kappa shape index (κ3) is 2.83. The number of nitriles is 1. The van der Waals surface area contributed by atoms with Gasteiger partial charge in [-0.25, -0.2) is 4.98 Å². The fourth-order valence-corrected chi connectivity index (χ4v) is 3.36. The molecular weight excluding hydrogens is 294 g/mol. The van der Waals surface area contributed by atoms with Crippen LogP contribution in [-0.2, 0) is 0 Å². The molecule has 0 radical (unpaired) electrons. The number of pyridine rings is 1. The molecular formula is C21H19N3. The van der Waals surface area contributed by atoms with Crippen molar-refractivity contribution in [3.05, 3.63) is 60.7 Å². The Bertz CT molecular complexity index is 902. The van der Waals surface area contributed by atoms with Gasteiger partial charge in [0.1, 0.15) is 0 Å². The highest BCUT2D eigenvalue weighted by molar-refractivity contribution is 5.81. The van der Waals surface area contributed by atoms with E-state index in [1.165, 1.54) is 5.69 Å². The molecule has 0 N–H and O–H groups in total. The Kier molecular flexibility index (Phi) is 3.88. The molecule has 3 heteroatoms. The normalized spacial score (nSPS) is 15.4. The lowest BCUT2D eigenvalue weighted by atomic mass is 9.98. The summed E-state index contributed by atoms with van der Waals surface area (Å²) >= 11 is 0. The van der Waals surface area contributed by atoms with E-state index >= 15 is 0 Å². The molecule has 3 nitrogen and oxygen atoms in total. The maximum absolute atomic E-state index is 9.05. The molecule has 0 amide bonds. The molecule has 1 fully saturated rings. The van der Waals surface area contributed by atoms with Crippen molar-refractivity contribution in [3.63, 3.8) is 0 Å². The smallest absolute Gasteiger partial charge is 0.0710 e. The quantitative estimate of drug-likeness (QED) is 0.692. The number of fused-ring (bicyclic) bond motifs is 1. The van der Waals surface area contributed by atoms with Gasteiger partial charge in [0.15, 0.2) is 0 Å². The van der Waals surface area contributed by atoms with E-state index in [1.54, 1.807) is 0 Å². The lowest BCUT2D eigenvalue weighted by Crippen LogP contribution is -2.33. The van der Waals surface area contributed by atoms with Gasteiger partial charge in [-0.3, -0.25) is 0 Å². The van der Waals surface area contributed by atoms with Gasteiger partial charge in [0, 0.05) is 35.6 Å². The van der Waals surface area contributed by atoms with Crippen LogP contribution in [0.25, 0.3) is 22.2 Å². The zero-order chi connectivity index (χ0) is 16.4. The number of rotatable bonds is 2. The number of para-hydroxylation sites is 1. The van der Waals surface area contributed by atoms with Gasteiger partial charge in [0.05, 0.1) is 17.3 Å². The van der Waals surface area contributed by atoms with Crippen LogP contribution in [0.4, 0.5) is 5.69 Å². The van der Waals surface area contributed by atoms with Gasteiger partial charge in [0.25, 0.3) is 0 Å². The molecule has 0 atom stereocenters. The van der Waals surface area contributed by atoms with E-state index in [0.717, 1.165) is 48.1 Å². The summed E-state index contributed by atoms with van der Waals surface area (Å²) in [6, 6.07) is 23.4. The average molecular weight is 313 g/mol. The minimum absolute atomic E-state index is 0.214. The summed E-state index contributed by atoms with van der Waals surface area (Å²) in [5, 5.41) is 10.2. The lowest BCUT2D eigenvalue weighted by Gasteiger charge is -2.31. The fraction of sp³-hybridized carbons (Fsp3) is 0.238. The zero-order valence-corrected chi connectivity index (χ0v) is 13.5. The van der Waals surface area contributed by atoms with Crippen LogP contribution < -0.4 is 4.90 Å². The van der Waals surface area contributed by atoms with E-state index in [4.69, 9.17) is 10.2 Å². The summed E-state index contributed by atoms with van der Waals surface area (Å²) in [5.74, 6) is 0.214. The van der Waals surface area contributed by atoms with Crippen molar-refractivity contribution >= 4 is 16.6 Å². The van der Waals surface area contributed by atoms with E-state index in [1.807, 2.05) is 12.1 Å². The number of aromatic nitrogens is 1. The fourth-order valence-electron chi connectivity index (χ4n) is 3.36. The van der Waals surface area contributed by atoms with Crippen LogP contribution >= 0.6 is 0 Å². The predicted molar refractivity (Wildman–Crippen MR) is 97.7 cm³/mol. The van der Waals surface area contributed by atoms with Gasteiger partial charge < -0.3 is 4.90 Å². The number of benzene rings is 2. The molecule has 3 aromatic rings. The Labute approximate surface area is 142 Å².